The Morgan fingerprint density at radius 2 is 2.27 bits per heavy atom. The van der Waals surface area contributed by atoms with Crippen molar-refractivity contribution >= 4 is 23.0 Å². The molecular formula is C16H22N4OS. The molecule has 0 fully saturated rings. The first-order valence-electron chi connectivity index (χ1n) is 7.28. The number of anilines is 1. The highest BCUT2D eigenvalue weighted by atomic mass is 32.1. The van der Waals surface area contributed by atoms with E-state index in [0.717, 1.165) is 29.3 Å². The van der Waals surface area contributed by atoms with Crippen molar-refractivity contribution in [3.8, 4) is 5.75 Å². The Kier molecular flexibility index (Phi) is 5.77. The molecule has 2 rings (SSSR count). The normalized spacial score (nSPS) is 11.5. The molecule has 0 spiro atoms. The molecular weight excluding hydrogens is 296 g/mol. The van der Waals surface area contributed by atoms with Crippen molar-refractivity contribution in [2.24, 2.45) is 10.7 Å². The van der Waals surface area contributed by atoms with E-state index in [9.17, 15) is 0 Å². The van der Waals surface area contributed by atoms with Gasteiger partial charge in [-0.15, -0.1) is 11.3 Å². The van der Waals surface area contributed by atoms with Gasteiger partial charge in [0.05, 0.1) is 17.8 Å². The van der Waals surface area contributed by atoms with Crippen LogP contribution in [0.25, 0.3) is 0 Å². The highest BCUT2D eigenvalue weighted by Gasteiger charge is 2.05. The minimum atomic E-state index is 0.400. The molecule has 1 aromatic carbocycles. The van der Waals surface area contributed by atoms with Crippen molar-refractivity contribution in [1.82, 2.24) is 4.98 Å². The van der Waals surface area contributed by atoms with E-state index in [1.165, 1.54) is 10.6 Å². The lowest BCUT2D eigenvalue weighted by Crippen LogP contribution is -2.23. The molecule has 0 atom stereocenters. The smallest absolute Gasteiger partial charge is 0.193 e. The van der Waals surface area contributed by atoms with Crippen molar-refractivity contribution in [1.29, 1.82) is 0 Å². The van der Waals surface area contributed by atoms with Crippen molar-refractivity contribution in [2.45, 2.75) is 26.7 Å². The lowest BCUT2D eigenvalue weighted by molar-refractivity contribution is 0.415. The number of nitrogens with zero attached hydrogens (tertiary/aromatic N) is 2. The van der Waals surface area contributed by atoms with Crippen molar-refractivity contribution in [3.63, 3.8) is 0 Å². The molecule has 0 aliphatic heterocycles. The second-order valence-corrected chi connectivity index (χ2v) is 6.13. The quantitative estimate of drug-likeness (QED) is 0.634. The number of thiazole rings is 1. The highest BCUT2D eigenvalue weighted by Crippen LogP contribution is 2.18. The first-order valence-corrected chi connectivity index (χ1v) is 8.10. The number of aliphatic imine (C=N–C) groups is 1. The van der Waals surface area contributed by atoms with Crippen LogP contribution in [0.5, 0.6) is 5.75 Å². The van der Waals surface area contributed by atoms with Crippen molar-refractivity contribution in [3.05, 3.63) is 39.8 Å². The second kappa shape index (κ2) is 7.79. The fraction of sp³-hybridized carbons (Fsp3) is 0.375. The predicted molar refractivity (Wildman–Crippen MR) is 93.0 cm³/mol. The minimum absolute atomic E-state index is 0.400. The summed E-state index contributed by atoms with van der Waals surface area (Å²) in [4.78, 5) is 10.2. The summed E-state index contributed by atoms with van der Waals surface area (Å²) >= 11 is 1.74. The number of nitrogens with one attached hydrogen (secondary N) is 1. The van der Waals surface area contributed by atoms with Gasteiger partial charge in [-0.2, -0.15) is 0 Å². The molecule has 118 valence electrons. The van der Waals surface area contributed by atoms with Gasteiger partial charge >= 0.3 is 0 Å². The zero-order valence-corrected chi connectivity index (χ0v) is 14.0. The number of methoxy groups -OCH3 is 1. The van der Waals surface area contributed by atoms with Crippen LogP contribution in [0.2, 0.25) is 0 Å². The summed E-state index contributed by atoms with van der Waals surface area (Å²) < 4.78 is 5.17. The number of aromatic nitrogens is 1. The van der Waals surface area contributed by atoms with Gasteiger partial charge in [-0.05, 0) is 25.5 Å². The molecule has 0 aliphatic rings. The fourth-order valence-corrected chi connectivity index (χ4v) is 3.09. The van der Waals surface area contributed by atoms with Gasteiger partial charge in [0.2, 0.25) is 0 Å². The van der Waals surface area contributed by atoms with Gasteiger partial charge in [-0.3, -0.25) is 4.99 Å². The zero-order chi connectivity index (χ0) is 15.9. The number of nitrogens with two attached hydrogens (primary N) is 1. The molecule has 0 unspecified atom stereocenters. The Labute approximate surface area is 135 Å². The first-order chi connectivity index (χ1) is 10.6. The Morgan fingerprint density at radius 1 is 1.45 bits per heavy atom. The number of hydrogen-bond donors (Lipinski definition) is 2. The molecule has 3 N–H and O–H groups in total. The van der Waals surface area contributed by atoms with Crippen LogP contribution in [0.4, 0.5) is 5.69 Å². The number of ether oxygens (including phenoxy) is 1. The highest BCUT2D eigenvalue weighted by molar-refractivity contribution is 7.11. The summed E-state index contributed by atoms with van der Waals surface area (Å²) in [7, 11) is 1.64. The Morgan fingerprint density at radius 3 is 2.95 bits per heavy atom. The third kappa shape index (κ3) is 4.46. The summed E-state index contributed by atoms with van der Waals surface area (Å²) in [5, 5.41) is 4.18. The van der Waals surface area contributed by atoms with Gasteiger partial charge < -0.3 is 15.8 Å². The predicted octanol–water partition coefficient (Wildman–Crippen LogP) is 2.99. The van der Waals surface area contributed by atoms with Gasteiger partial charge in [-0.25, -0.2) is 4.98 Å². The maximum Gasteiger partial charge on any atom is 0.193 e. The summed E-state index contributed by atoms with van der Waals surface area (Å²) in [6.07, 6.45) is 1.79. The van der Waals surface area contributed by atoms with E-state index in [2.05, 4.69) is 29.1 Å². The second-order valence-electron chi connectivity index (χ2n) is 4.84. The molecule has 2 aromatic rings. The van der Waals surface area contributed by atoms with Gasteiger partial charge in [-0.1, -0.05) is 13.0 Å². The number of rotatable bonds is 6. The SMILES string of the molecule is CCc1nc(CCN=C(N)Nc2cccc(OC)c2)sc1C. The van der Waals surface area contributed by atoms with E-state index in [0.29, 0.717) is 12.5 Å². The third-order valence-corrected chi connectivity index (χ3v) is 4.29. The lowest BCUT2D eigenvalue weighted by Gasteiger charge is -2.07. The van der Waals surface area contributed by atoms with E-state index >= 15 is 0 Å². The van der Waals surface area contributed by atoms with Gasteiger partial charge in [0.1, 0.15) is 5.75 Å². The molecule has 0 bridgehead atoms. The van der Waals surface area contributed by atoms with Crippen molar-refractivity contribution < 1.29 is 4.74 Å². The Hall–Kier alpha value is -2.08. The van der Waals surface area contributed by atoms with Gasteiger partial charge in [0.15, 0.2) is 5.96 Å². The molecule has 22 heavy (non-hydrogen) atoms. The van der Waals surface area contributed by atoms with E-state index in [4.69, 9.17) is 10.5 Å². The van der Waals surface area contributed by atoms with Crippen LogP contribution in [0.3, 0.4) is 0 Å². The molecule has 0 saturated heterocycles. The van der Waals surface area contributed by atoms with Crippen LogP contribution in [0, 0.1) is 6.92 Å². The van der Waals surface area contributed by atoms with E-state index in [1.54, 1.807) is 18.4 Å². The molecule has 0 radical (unpaired) electrons. The third-order valence-electron chi connectivity index (χ3n) is 3.22. The van der Waals surface area contributed by atoms with Crippen LogP contribution < -0.4 is 15.8 Å². The number of hydrogen-bond acceptors (Lipinski definition) is 4. The molecule has 0 saturated carbocycles. The molecule has 1 heterocycles. The van der Waals surface area contributed by atoms with Crippen LogP contribution in [0.1, 0.15) is 22.5 Å². The molecule has 0 aliphatic carbocycles. The van der Waals surface area contributed by atoms with Crippen LogP contribution in [-0.4, -0.2) is 24.6 Å². The van der Waals surface area contributed by atoms with Gasteiger partial charge in [0.25, 0.3) is 0 Å². The monoisotopic (exact) mass is 318 g/mol. The van der Waals surface area contributed by atoms with E-state index in [1.807, 2.05) is 24.3 Å². The largest absolute Gasteiger partial charge is 0.497 e. The molecule has 0 amide bonds. The maximum absolute atomic E-state index is 5.90. The maximum atomic E-state index is 5.90. The van der Waals surface area contributed by atoms with Crippen LogP contribution in [0.15, 0.2) is 29.3 Å². The number of aryl methyl sites for hydroxylation is 2. The average molecular weight is 318 g/mol. The summed E-state index contributed by atoms with van der Waals surface area (Å²) in [5.41, 5.74) is 7.95. The lowest BCUT2D eigenvalue weighted by atomic mass is 10.3. The summed E-state index contributed by atoms with van der Waals surface area (Å²) in [6.45, 7) is 4.86. The Balaban J connectivity index is 1.89. The van der Waals surface area contributed by atoms with E-state index in [-0.39, 0.29) is 0 Å². The molecule has 1 aromatic heterocycles. The number of guanidine groups is 1. The number of benzene rings is 1. The van der Waals surface area contributed by atoms with Crippen molar-refractivity contribution in [2.75, 3.05) is 19.0 Å². The average Bonchev–Trinajstić information content (AvgIpc) is 2.87. The van der Waals surface area contributed by atoms with E-state index < -0.39 is 0 Å². The molecule has 5 nitrogen and oxygen atoms in total. The van der Waals surface area contributed by atoms with Crippen LogP contribution in [-0.2, 0) is 12.8 Å². The first kappa shape index (κ1) is 16.3. The fourth-order valence-electron chi connectivity index (χ4n) is 2.08. The Bertz CT molecular complexity index is 651. The van der Waals surface area contributed by atoms with Gasteiger partial charge in [0, 0.05) is 29.6 Å². The van der Waals surface area contributed by atoms with Crippen LogP contribution >= 0.6 is 11.3 Å². The minimum Gasteiger partial charge on any atom is -0.497 e. The topological polar surface area (TPSA) is 72.5 Å². The summed E-state index contributed by atoms with van der Waals surface area (Å²) in [5.74, 6) is 1.18. The molecule has 6 heteroatoms. The summed E-state index contributed by atoms with van der Waals surface area (Å²) in [6, 6.07) is 7.58. The zero-order valence-electron chi connectivity index (χ0n) is 13.2. The standard InChI is InChI=1S/C16H22N4OS/c1-4-14-11(2)22-15(20-14)8-9-18-16(17)19-12-6-5-7-13(10-12)21-3/h5-7,10H,4,8-9H2,1-3H3,(H3,17,18,19).